The van der Waals surface area contributed by atoms with Crippen LogP contribution in [0.25, 0.3) is 5.95 Å². The standard InChI is InChI=1S/C12H17ClN6/c1-5-8-7-9(6-2)19(17-8)12-15-10(13)14-11(16-12)18(3)4/h7H,5-6H2,1-4H3. The van der Waals surface area contributed by atoms with Crippen molar-refractivity contribution in [3.05, 3.63) is 22.7 Å². The van der Waals surface area contributed by atoms with Crippen LogP contribution in [0.2, 0.25) is 5.28 Å². The first-order valence-corrected chi connectivity index (χ1v) is 6.60. The Bertz CT molecular complexity index is 578. The Morgan fingerprint density at radius 1 is 1.16 bits per heavy atom. The number of nitrogens with zero attached hydrogens (tertiary/aromatic N) is 6. The third-order valence-electron chi connectivity index (χ3n) is 2.73. The number of aryl methyl sites for hydroxylation is 2. The molecular weight excluding hydrogens is 264 g/mol. The van der Waals surface area contributed by atoms with Crippen LogP contribution in [0, 0.1) is 0 Å². The quantitative estimate of drug-likeness (QED) is 0.856. The average molecular weight is 281 g/mol. The van der Waals surface area contributed by atoms with E-state index in [1.165, 1.54) is 0 Å². The molecule has 7 heteroatoms. The van der Waals surface area contributed by atoms with Crippen molar-refractivity contribution in [2.24, 2.45) is 0 Å². The van der Waals surface area contributed by atoms with E-state index in [1.54, 1.807) is 9.58 Å². The third kappa shape index (κ3) is 2.84. The SMILES string of the molecule is CCc1cc(CC)n(-c2nc(Cl)nc(N(C)C)n2)n1. The van der Waals surface area contributed by atoms with Gasteiger partial charge in [0.15, 0.2) is 0 Å². The molecule has 19 heavy (non-hydrogen) atoms. The molecule has 0 N–H and O–H groups in total. The summed E-state index contributed by atoms with van der Waals surface area (Å²) in [5.41, 5.74) is 2.07. The van der Waals surface area contributed by atoms with Gasteiger partial charge in [-0.15, -0.1) is 0 Å². The Balaban J connectivity index is 2.54. The Morgan fingerprint density at radius 3 is 2.47 bits per heavy atom. The van der Waals surface area contributed by atoms with E-state index in [9.17, 15) is 0 Å². The Morgan fingerprint density at radius 2 is 1.89 bits per heavy atom. The van der Waals surface area contributed by atoms with E-state index in [0.29, 0.717) is 11.9 Å². The summed E-state index contributed by atoms with van der Waals surface area (Å²) >= 11 is 5.95. The minimum Gasteiger partial charge on any atom is -0.347 e. The lowest BCUT2D eigenvalue weighted by molar-refractivity contribution is 0.735. The molecule has 2 heterocycles. The highest BCUT2D eigenvalue weighted by atomic mass is 35.5. The van der Waals surface area contributed by atoms with Crippen molar-refractivity contribution in [1.29, 1.82) is 0 Å². The molecule has 0 atom stereocenters. The number of hydrogen-bond donors (Lipinski definition) is 0. The van der Waals surface area contributed by atoms with Gasteiger partial charge in [0.05, 0.1) is 5.69 Å². The maximum Gasteiger partial charge on any atom is 0.256 e. The lowest BCUT2D eigenvalue weighted by Gasteiger charge is -2.11. The van der Waals surface area contributed by atoms with Crippen LogP contribution in [0.5, 0.6) is 0 Å². The number of anilines is 1. The van der Waals surface area contributed by atoms with Crippen molar-refractivity contribution in [3.8, 4) is 5.95 Å². The van der Waals surface area contributed by atoms with Gasteiger partial charge in [-0.3, -0.25) is 0 Å². The Hall–Kier alpha value is -1.69. The first kappa shape index (κ1) is 13.7. The second-order valence-electron chi connectivity index (χ2n) is 4.34. The van der Waals surface area contributed by atoms with E-state index >= 15 is 0 Å². The maximum absolute atomic E-state index is 5.95. The fourth-order valence-electron chi connectivity index (χ4n) is 1.70. The molecule has 0 saturated heterocycles. The molecule has 0 aliphatic rings. The topological polar surface area (TPSA) is 59.7 Å². The van der Waals surface area contributed by atoms with E-state index in [1.807, 2.05) is 14.1 Å². The molecule has 0 spiro atoms. The maximum atomic E-state index is 5.95. The number of halogens is 1. The van der Waals surface area contributed by atoms with Gasteiger partial charge in [-0.05, 0) is 30.5 Å². The predicted octanol–water partition coefficient (Wildman–Crippen LogP) is 1.90. The molecule has 0 unspecified atom stereocenters. The zero-order chi connectivity index (χ0) is 14.0. The minimum absolute atomic E-state index is 0.171. The largest absolute Gasteiger partial charge is 0.347 e. The van der Waals surface area contributed by atoms with Crippen molar-refractivity contribution >= 4 is 17.5 Å². The summed E-state index contributed by atoms with van der Waals surface area (Å²) in [6, 6.07) is 2.06. The second-order valence-corrected chi connectivity index (χ2v) is 4.68. The zero-order valence-corrected chi connectivity index (χ0v) is 12.3. The molecular formula is C12H17ClN6. The lowest BCUT2D eigenvalue weighted by atomic mass is 10.3. The van der Waals surface area contributed by atoms with E-state index in [2.05, 4.69) is 40.0 Å². The van der Waals surface area contributed by atoms with Crippen LogP contribution in [-0.4, -0.2) is 38.8 Å². The number of hydrogen-bond acceptors (Lipinski definition) is 5. The second kappa shape index (κ2) is 5.52. The van der Waals surface area contributed by atoms with E-state index in [-0.39, 0.29) is 5.28 Å². The highest BCUT2D eigenvalue weighted by Gasteiger charge is 2.13. The number of rotatable bonds is 4. The Labute approximate surface area is 117 Å². The van der Waals surface area contributed by atoms with Gasteiger partial charge in [-0.25, -0.2) is 4.68 Å². The van der Waals surface area contributed by atoms with Crippen LogP contribution in [0.15, 0.2) is 6.07 Å². The summed E-state index contributed by atoms with van der Waals surface area (Å²) in [4.78, 5) is 14.4. The van der Waals surface area contributed by atoms with Gasteiger partial charge in [0, 0.05) is 19.8 Å². The van der Waals surface area contributed by atoms with Crippen LogP contribution in [-0.2, 0) is 12.8 Å². The van der Waals surface area contributed by atoms with Crippen molar-refractivity contribution in [2.75, 3.05) is 19.0 Å². The van der Waals surface area contributed by atoms with Gasteiger partial charge in [0.2, 0.25) is 11.2 Å². The van der Waals surface area contributed by atoms with Gasteiger partial charge in [-0.2, -0.15) is 20.1 Å². The molecule has 0 radical (unpaired) electrons. The van der Waals surface area contributed by atoms with Crippen LogP contribution in [0.3, 0.4) is 0 Å². The van der Waals surface area contributed by atoms with Crippen LogP contribution >= 0.6 is 11.6 Å². The van der Waals surface area contributed by atoms with Crippen molar-refractivity contribution in [2.45, 2.75) is 26.7 Å². The van der Waals surface area contributed by atoms with E-state index in [0.717, 1.165) is 24.2 Å². The summed E-state index contributed by atoms with van der Waals surface area (Å²) in [5, 5.41) is 4.67. The van der Waals surface area contributed by atoms with Gasteiger partial charge in [0.1, 0.15) is 0 Å². The summed E-state index contributed by atoms with van der Waals surface area (Å²) in [7, 11) is 3.72. The molecule has 0 aliphatic heterocycles. The summed E-state index contributed by atoms with van der Waals surface area (Å²) in [6.45, 7) is 4.14. The molecule has 102 valence electrons. The monoisotopic (exact) mass is 280 g/mol. The molecule has 0 fully saturated rings. The van der Waals surface area contributed by atoms with Crippen LogP contribution in [0.4, 0.5) is 5.95 Å². The van der Waals surface area contributed by atoms with E-state index < -0.39 is 0 Å². The van der Waals surface area contributed by atoms with Gasteiger partial charge < -0.3 is 4.90 Å². The predicted molar refractivity (Wildman–Crippen MR) is 75.0 cm³/mol. The van der Waals surface area contributed by atoms with Crippen LogP contribution in [0.1, 0.15) is 25.2 Å². The van der Waals surface area contributed by atoms with Crippen molar-refractivity contribution < 1.29 is 0 Å². The highest BCUT2D eigenvalue weighted by molar-refractivity contribution is 6.28. The molecule has 6 nitrogen and oxygen atoms in total. The number of aromatic nitrogens is 5. The van der Waals surface area contributed by atoms with Gasteiger partial charge in [-0.1, -0.05) is 13.8 Å². The average Bonchev–Trinajstić information content (AvgIpc) is 2.81. The minimum atomic E-state index is 0.171. The molecule has 0 bridgehead atoms. The molecule has 0 aromatic carbocycles. The molecule has 2 aromatic rings. The molecule has 0 saturated carbocycles. The zero-order valence-electron chi connectivity index (χ0n) is 11.6. The Kier molecular flexibility index (Phi) is 3.99. The van der Waals surface area contributed by atoms with Crippen LogP contribution < -0.4 is 4.90 Å². The summed E-state index contributed by atoms with van der Waals surface area (Å²) in [6.07, 6.45) is 1.73. The smallest absolute Gasteiger partial charge is 0.256 e. The molecule has 2 aromatic heterocycles. The van der Waals surface area contributed by atoms with Crippen molar-refractivity contribution in [1.82, 2.24) is 24.7 Å². The summed E-state index contributed by atoms with van der Waals surface area (Å²) in [5.74, 6) is 0.978. The summed E-state index contributed by atoms with van der Waals surface area (Å²) < 4.78 is 1.74. The first-order valence-electron chi connectivity index (χ1n) is 6.22. The van der Waals surface area contributed by atoms with Gasteiger partial charge >= 0.3 is 0 Å². The molecule has 0 amide bonds. The fraction of sp³-hybridized carbons (Fsp3) is 0.500. The molecule has 2 rings (SSSR count). The third-order valence-corrected chi connectivity index (χ3v) is 2.90. The fourth-order valence-corrected chi connectivity index (χ4v) is 1.85. The first-order chi connectivity index (χ1) is 9.05. The van der Waals surface area contributed by atoms with Crippen molar-refractivity contribution in [3.63, 3.8) is 0 Å². The lowest BCUT2D eigenvalue weighted by Crippen LogP contribution is -2.16. The normalized spacial score (nSPS) is 10.8. The highest BCUT2D eigenvalue weighted by Crippen LogP contribution is 2.15. The van der Waals surface area contributed by atoms with E-state index in [4.69, 9.17) is 11.6 Å². The van der Waals surface area contributed by atoms with Gasteiger partial charge in [0.25, 0.3) is 5.95 Å². The molecule has 0 aliphatic carbocycles.